The lowest BCUT2D eigenvalue weighted by Gasteiger charge is -2.38. The Morgan fingerprint density at radius 3 is 2.37 bits per heavy atom. The molecule has 1 aromatic carbocycles. The summed E-state index contributed by atoms with van der Waals surface area (Å²) in [5, 5.41) is 2.81. The van der Waals surface area contributed by atoms with E-state index >= 15 is 0 Å². The van der Waals surface area contributed by atoms with Gasteiger partial charge in [0.15, 0.2) is 0 Å². The Bertz CT molecular complexity index is 605. The normalized spacial score (nSPS) is 16.0. The molecule has 0 bridgehead atoms. The first-order valence-corrected chi connectivity index (χ1v) is 9.86. The van der Waals surface area contributed by atoms with Crippen LogP contribution >= 0.6 is 0 Å². The number of carbonyl (C=O) groups is 2. The maximum Gasteiger partial charge on any atom is 0.407 e. The van der Waals surface area contributed by atoms with Crippen molar-refractivity contribution in [3.63, 3.8) is 0 Å². The molecule has 0 atom stereocenters. The lowest BCUT2D eigenvalue weighted by atomic mass is 10.0. The Morgan fingerprint density at radius 1 is 1.19 bits per heavy atom. The zero-order valence-corrected chi connectivity index (χ0v) is 17.0. The molecule has 0 spiro atoms. The van der Waals surface area contributed by atoms with E-state index < -0.39 is 5.60 Å². The fraction of sp³-hybridized carbons (Fsp3) is 0.619. The highest BCUT2D eigenvalue weighted by molar-refractivity contribution is 5.93. The molecule has 0 unspecified atom stereocenters. The molecule has 0 aliphatic carbocycles. The van der Waals surface area contributed by atoms with Crippen molar-refractivity contribution in [2.24, 2.45) is 0 Å². The topological polar surface area (TPSA) is 61.9 Å². The molecule has 6 nitrogen and oxygen atoms in total. The Labute approximate surface area is 162 Å². The SMILES string of the molecule is CCC(=O)N(c1ccccc1)C1CCN(CCNC(=O)OC(C)(C)C)CC1. The summed E-state index contributed by atoms with van der Waals surface area (Å²) in [5.41, 5.74) is 0.504. The molecule has 2 amide bonds. The van der Waals surface area contributed by atoms with Gasteiger partial charge in [-0.1, -0.05) is 25.1 Å². The fourth-order valence-corrected chi connectivity index (χ4v) is 3.35. The Kier molecular flexibility index (Phi) is 7.66. The molecular formula is C21H33N3O3. The largest absolute Gasteiger partial charge is 0.444 e. The van der Waals surface area contributed by atoms with E-state index in [0.717, 1.165) is 38.2 Å². The summed E-state index contributed by atoms with van der Waals surface area (Å²) in [4.78, 5) is 28.5. The van der Waals surface area contributed by atoms with Gasteiger partial charge in [-0.05, 0) is 45.7 Å². The van der Waals surface area contributed by atoms with Crippen LogP contribution in [0, 0.1) is 0 Å². The first-order chi connectivity index (χ1) is 12.8. The van der Waals surface area contributed by atoms with Gasteiger partial charge in [-0.2, -0.15) is 0 Å². The summed E-state index contributed by atoms with van der Waals surface area (Å²) in [5.74, 6) is 0.172. The third-order valence-electron chi connectivity index (χ3n) is 4.62. The van der Waals surface area contributed by atoms with E-state index in [9.17, 15) is 9.59 Å². The minimum Gasteiger partial charge on any atom is -0.444 e. The van der Waals surface area contributed by atoms with E-state index in [1.165, 1.54) is 0 Å². The number of hydrogen-bond acceptors (Lipinski definition) is 4. The van der Waals surface area contributed by atoms with Gasteiger partial charge in [-0.3, -0.25) is 4.79 Å². The number of piperidine rings is 1. The molecular weight excluding hydrogens is 342 g/mol. The maximum atomic E-state index is 12.5. The molecule has 6 heteroatoms. The van der Waals surface area contributed by atoms with Crippen LogP contribution < -0.4 is 10.2 Å². The fourth-order valence-electron chi connectivity index (χ4n) is 3.35. The number of ether oxygens (including phenoxy) is 1. The zero-order valence-electron chi connectivity index (χ0n) is 17.0. The van der Waals surface area contributed by atoms with Crippen molar-refractivity contribution in [3.8, 4) is 0 Å². The number of amides is 2. The first-order valence-electron chi connectivity index (χ1n) is 9.86. The van der Waals surface area contributed by atoms with Crippen molar-refractivity contribution in [1.29, 1.82) is 0 Å². The van der Waals surface area contributed by atoms with Crippen LogP contribution in [0.15, 0.2) is 30.3 Å². The monoisotopic (exact) mass is 375 g/mol. The van der Waals surface area contributed by atoms with Gasteiger partial charge in [0.2, 0.25) is 5.91 Å². The second-order valence-electron chi connectivity index (χ2n) is 7.95. The van der Waals surface area contributed by atoms with Gasteiger partial charge in [0, 0.05) is 44.3 Å². The van der Waals surface area contributed by atoms with Crippen molar-refractivity contribution in [2.75, 3.05) is 31.1 Å². The summed E-state index contributed by atoms with van der Waals surface area (Å²) < 4.78 is 5.25. The van der Waals surface area contributed by atoms with Crippen LogP contribution in [-0.4, -0.2) is 54.7 Å². The number of benzene rings is 1. The van der Waals surface area contributed by atoms with E-state index in [-0.39, 0.29) is 18.0 Å². The summed E-state index contributed by atoms with van der Waals surface area (Å²) in [6.07, 6.45) is 2.01. The van der Waals surface area contributed by atoms with Crippen molar-refractivity contribution in [3.05, 3.63) is 30.3 Å². The van der Waals surface area contributed by atoms with Crippen LogP contribution in [0.25, 0.3) is 0 Å². The molecule has 1 heterocycles. The lowest BCUT2D eigenvalue weighted by Crippen LogP contribution is -2.49. The zero-order chi connectivity index (χ0) is 19.9. The molecule has 2 rings (SSSR count). The highest BCUT2D eigenvalue weighted by Crippen LogP contribution is 2.24. The number of hydrogen-bond donors (Lipinski definition) is 1. The van der Waals surface area contributed by atoms with E-state index in [1.807, 2.05) is 62.9 Å². The van der Waals surface area contributed by atoms with Crippen molar-refractivity contribution in [2.45, 2.75) is 58.6 Å². The summed E-state index contributed by atoms with van der Waals surface area (Å²) >= 11 is 0. The number of nitrogens with zero attached hydrogens (tertiary/aromatic N) is 2. The van der Waals surface area contributed by atoms with Crippen LogP contribution in [0.3, 0.4) is 0 Å². The second-order valence-corrected chi connectivity index (χ2v) is 7.95. The molecule has 1 aliphatic heterocycles. The minimum atomic E-state index is -0.477. The Balaban J connectivity index is 1.81. The maximum absolute atomic E-state index is 12.5. The van der Waals surface area contributed by atoms with Gasteiger partial charge in [0.1, 0.15) is 5.60 Å². The number of anilines is 1. The first kappa shape index (κ1) is 21.2. The third-order valence-corrected chi connectivity index (χ3v) is 4.62. The Hall–Kier alpha value is -2.08. The van der Waals surface area contributed by atoms with Crippen LogP contribution in [0.5, 0.6) is 0 Å². The van der Waals surface area contributed by atoms with Crippen LogP contribution in [-0.2, 0) is 9.53 Å². The molecule has 1 aliphatic rings. The summed E-state index contributed by atoms with van der Waals surface area (Å²) in [7, 11) is 0. The average molecular weight is 376 g/mol. The third kappa shape index (κ3) is 6.86. The van der Waals surface area contributed by atoms with Crippen molar-refractivity contribution in [1.82, 2.24) is 10.2 Å². The highest BCUT2D eigenvalue weighted by atomic mass is 16.6. The molecule has 27 heavy (non-hydrogen) atoms. The molecule has 1 N–H and O–H groups in total. The number of carbonyl (C=O) groups excluding carboxylic acids is 2. The molecule has 0 saturated carbocycles. The number of nitrogens with one attached hydrogen (secondary N) is 1. The van der Waals surface area contributed by atoms with Gasteiger partial charge in [0.05, 0.1) is 0 Å². The molecule has 1 saturated heterocycles. The highest BCUT2D eigenvalue weighted by Gasteiger charge is 2.28. The smallest absolute Gasteiger partial charge is 0.407 e. The van der Waals surface area contributed by atoms with Crippen LogP contribution in [0.4, 0.5) is 10.5 Å². The van der Waals surface area contributed by atoms with Gasteiger partial charge in [0.25, 0.3) is 0 Å². The molecule has 1 fully saturated rings. The number of rotatable bonds is 6. The predicted molar refractivity (Wildman–Crippen MR) is 108 cm³/mol. The lowest BCUT2D eigenvalue weighted by molar-refractivity contribution is -0.119. The molecule has 150 valence electrons. The number of alkyl carbamates (subject to hydrolysis) is 1. The van der Waals surface area contributed by atoms with E-state index in [1.54, 1.807) is 0 Å². The standard InChI is InChI=1S/C21H33N3O3/c1-5-19(25)24(17-9-7-6-8-10-17)18-11-14-23(15-12-18)16-13-22-20(26)27-21(2,3)4/h6-10,18H,5,11-16H2,1-4H3,(H,22,26). The predicted octanol–water partition coefficient (Wildman–Crippen LogP) is 3.42. The van der Waals surface area contributed by atoms with E-state index in [2.05, 4.69) is 10.2 Å². The van der Waals surface area contributed by atoms with Crippen LogP contribution in [0.1, 0.15) is 47.0 Å². The Morgan fingerprint density at radius 2 is 1.81 bits per heavy atom. The van der Waals surface area contributed by atoms with E-state index in [0.29, 0.717) is 13.0 Å². The van der Waals surface area contributed by atoms with Crippen LogP contribution in [0.2, 0.25) is 0 Å². The summed E-state index contributed by atoms with van der Waals surface area (Å²) in [6.45, 7) is 10.7. The van der Waals surface area contributed by atoms with Gasteiger partial charge in [-0.25, -0.2) is 4.79 Å². The van der Waals surface area contributed by atoms with Crippen molar-refractivity contribution < 1.29 is 14.3 Å². The van der Waals surface area contributed by atoms with E-state index in [4.69, 9.17) is 4.74 Å². The van der Waals surface area contributed by atoms with Crippen molar-refractivity contribution >= 4 is 17.7 Å². The molecule has 0 radical (unpaired) electrons. The average Bonchev–Trinajstić information content (AvgIpc) is 2.62. The number of para-hydroxylation sites is 1. The van der Waals surface area contributed by atoms with Gasteiger partial charge in [-0.15, -0.1) is 0 Å². The number of likely N-dealkylation sites (tertiary alicyclic amines) is 1. The minimum absolute atomic E-state index is 0.172. The van der Waals surface area contributed by atoms with Gasteiger partial charge < -0.3 is 19.9 Å². The quantitative estimate of drug-likeness (QED) is 0.828. The van der Waals surface area contributed by atoms with Gasteiger partial charge >= 0.3 is 6.09 Å². The molecule has 0 aromatic heterocycles. The summed E-state index contributed by atoms with van der Waals surface area (Å²) in [6, 6.07) is 10.2. The second kappa shape index (κ2) is 9.74. The molecule has 1 aromatic rings.